The molecule has 4 rings (SSSR count). The van der Waals surface area contributed by atoms with E-state index in [4.69, 9.17) is 0 Å². The van der Waals surface area contributed by atoms with Crippen LogP contribution in [0.2, 0.25) is 0 Å². The first-order valence-corrected chi connectivity index (χ1v) is 6.76. The molecule has 2 aromatic heterocycles. The fourth-order valence-corrected chi connectivity index (χ4v) is 3.09. The number of aromatic amines is 2. The van der Waals surface area contributed by atoms with Crippen molar-refractivity contribution in [1.82, 2.24) is 15.2 Å². The first-order valence-electron chi connectivity index (χ1n) is 6.76. The third kappa shape index (κ3) is 1.71. The molecule has 0 saturated heterocycles. The van der Waals surface area contributed by atoms with Gasteiger partial charge >= 0.3 is 0 Å². The van der Waals surface area contributed by atoms with E-state index in [1.54, 1.807) is 0 Å². The van der Waals surface area contributed by atoms with Crippen LogP contribution in [0, 0.1) is 0 Å². The molecule has 0 radical (unpaired) electrons. The number of fused-ring (bicyclic) bond motifs is 3. The summed E-state index contributed by atoms with van der Waals surface area (Å²) in [5.74, 6) is 0. The molecule has 1 aliphatic carbocycles. The number of para-hydroxylation sites is 1. The Balaban J connectivity index is 1.77. The van der Waals surface area contributed by atoms with E-state index in [1.165, 1.54) is 35.0 Å². The molecule has 3 aromatic rings. The highest BCUT2D eigenvalue weighted by Crippen LogP contribution is 2.36. The minimum Gasteiger partial charge on any atom is -0.374 e. The molecule has 0 saturated carbocycles. The minimum absolute atomic E-state index is 0.355. The van der Waals surface area contributed by atoms with Gasteiger partial charge in [-0.15, -0.1) is 0 Å². The molecule has 0 amide bonds. The lowest BCUT2D eigenvalue weighted by Crippen LogP contribution is -2.16. The van der Waals surface area contributed by atoms with Crippen LogP contribution in [0.15, 0.2) is 36.7 Å². The van der Waals surface area contributed by atoms with E-state index in [0.29, 0.717) is 6.04 Å². The SMILES string of the molecule is c1ccc2c3c([nH]c2c1)C(Nc1cn[nH]c1)CCC3. The number of nitrogens with zero attached hydrogens (tertiary/aromatic N) is 1. The summed E-state index contributed by atoms with van der Waals surface area (Å²) < 4.78 is 0. The van der Waals surface area contributed by atoms with Crippen LogP contribution in [0.5, 0.6) is 0 Å². The van der Waals surface area contributed by atoms with Gasteiger partial charge in [0.15, 0.2) is 0 Å². The molecular weight excluding hydrogens is 236 g/mol. The molecule has 3 N–H and O–H groups in total. The van der Waals surface area contributed by atoms with Crippen LogP contribution in [0.4, 0.5) is 5.69 Å². The number of hydrogen-bond acceptors (Lipinski definition) is 2. The molecule has 1 aromatic carbocycles. The van der Waals surface area contributed by atoms with E-state index in [-0.39, 0.29) is 0 Å². The number of rotatable bonds is 2. The molecule has 0 spiro atoms. The summed E-state index contributed by atoms with van der Waals surface area (Å²) in [7, 11) is 0. The molecular formula is C15H16N4. The van der Waals surface area contributed by atoms with Crippen molar-refractivity contribution >= 4 is 16.6 Å². The second-order valence-electron chi connectivity index (χ2n) is 5.14. The molecule has 1 unspecified atom stereocenters. The van der Waals surface area contributed by atoms with Crippen LogP contribution in [0.3, 0.4) is 0 Å². The Kier molecular flexibility index (Phi) is 2.33. The van der Waals surface area contributed by atoms with Gasteiger partial charge in [0, 0.05) is 22.8 Å². The fraction of sp³-hybridized carbons (Fsp3) is 0.267. The van der Waals surface area contributed by atoms with E-state index in [0.717, 1.165) is 12.1 Å². The van der Waals surface area contributed by atoms with E-state index >= 15 is 0 Å². The van der Waals surface area contributed by atoms with Crippen molar-refractivity contribution in [3.05, 3.63) is 47.9 Å². The normalized spacial score (nSPS) is 18.4. The van der Waals surface area contributed by atoms with Crippen molar-refractivity contribution in [2.75, 3.05) is 5.32 Å². The first-order chi connectivity index (χ1) is 9.42. The molecule has 4 heteroatoms. The Bertz CT molecular complexity index is 696. The smallest absolute Gasteiger partial charge is 0.0729 e. The lowest BCUT2D eigenvalue weighted by Gasteiger charge is -2.24. The average Bonchev–Trinajstić information content (AvgIpc) is 3.06. The Hall–Kier alpha value is -2.23. The van der Waals surface area contributed by atoms with Gasteiger partial charge < -0.3 is 10.3 Å². The largest absolute Gasteiger partial charge is 0.374 e. The number of anilines is 1. The predicted molar refractivity (Wildman–Crippen MR) is 76.2 cm³/mol. The van der Waals surface area contributed by atoms with Crippen molar-refractivity contribution in [2.24, 2.45) is 0 Å². The number of aryl methyl sites for hydroxylation is 1. The summed E-state index contributed by atoms with van der Waals surface area (Å²) in [4.78, 5) is 3.59. The average molecular weight is 252 g/mol. The number of hydrogen-bond donors (Lipinski definition) is 3. The zero-order valence-corrected chi connectivity index (χ0v) is 10.6. The van der Waals surface area contributed by atoms with Gasteiger partial charge in [-0.25, -0.2) is 0 Å². The fourth-order valence-electron chi connectivity index (χ4n) is 3.09. The zero-order valence-electron chi connectivity index (χ0n) is 10.6. The highest BCUT2D eigenvalue weighted by Gasteiger charge is 2.24. The van der Waals surface area contributed by atoms with Crippen LogP contribution in [0.1, 0.15) is 30.1 Å². The maximum absolute atomic E-state index is 3.99. The minimum atomic E-state index is 0.355. The van der Waals surface area contributed by atoms with Gasteiger partial charge in [0.1, 0.15) is 0 Å². The molecule has 4 nitrogen and oxygen atoms in total. The van der Waals surface area contributed by atoms with Gasteiger partial charge in [-0.1, -0.05) is 18.2 Å². The highest BCUT2D eigenvalue weighted by atomic mass is 15.1. The number of aromatic nitrogens is 3. The number of nitrogens with one attached hydrogen (secondary N) is 3. The summed E-state index contributed by atoms with van der Waals surface area (Å²) in [6, 6.07) is 8.92. The molecule has 96 valence electrons. The van der Waals surface area contributed by atoms with Gasteiger partial charge in [0.05, 0.1) is 17.9 Å². The van der Waals surface area contributed by atoms with Gasteiger partial charge in [0.25, 0.3) is 0 Å². The quantitative estimate of drug-likeness (QED) is 0.655. The van der Waals surface area contributed by atoms with Crippen molar-refractivity contribution in [3.8, 4) is 0 Å². The van der Waals surface area contributed by atoms with E-state index in [9.17, 15) is 0 Å². The van der Waals surface area contributed by atoms with Crippen LogP contribution < -0.4 is 5.32 Å². The highest BCUT2D eigenvalue weighted by molar-refractivity contribution is 5.85. The van der Waals surface area contributed by atoms with Gasteiger partial charge in [-0.05, 0) is 30.9 Å². The van der Waals surface area contributed by atoms with Crippen molar-refractivity contribution in [1.29, 1.82) is 0 Å². The zero-order chi connectivity index (χ0) is 12.7. The Morgan fingerprint density at radius 1 is 1.26 bits per heavy atom. The van der Waals surface area contributed by atoms with Gasteiger partial charge in [-0.3, -0.25) is 5.10 Å². The monoisotopic (exact) mass is 252 g/mol. The lowest BCUT2D eigenvalue weighted by molar-refractivity contribution is 0.593. The van der Waals surface area contributed by atoms with E-state index in [1.807, 2.05) is 12.4 Å². The first kappa shape index (κ1) is 10.7. The number of H-pyrrole nitrogens is 2. The molecule has 0 bridgehead atoms. The number of benzene rings is 1. The van der Waals surface area contributed by atoms with E-state index in [2.05, 4.69) is 44.8 Å². The topological polar surface area (TPSA) is 56.5 Å². The Labute approximate surface area is 111 Å². The second kappa shape index (κ2) is 4.16. The Morgan fingerprint density at radius 3 is 3.11 bits per heavy atom. The maximum atomic E-state index is 3.99. The molecule has 0 aliphatic heterocycles. The molecule has 1 atom stereocenters. The van der Waals surface area contributed by atoms with Crippen LogP contribution in [0.25, 0.3) is 10.9 Å². The molecule has 19 heavy (non-hydrogen) atoms. The van der Waals surface area contributed by atoms with Crippen LogP contribution in [-0.4, -0.2) is 15.2 Å². The maximum Gasteiger partial charge on any atom is 0.0729 e. The van der Waals surface area contributed by atoms with Crippen LogP contribution in [-0.2, 0) is 6.42 Å². The summed E-state index contributed by atoms with van der Waals surface area (Å²) in [5.41, 5.74) is 5.11. The Morgan fingerprint density at radius 2 is 2.21 bits per heavy atom. The summed E-state index contributed by atoms with van der Waals surface area (Å²) in [6.07, 6.45) is 7.28. The van der Waals surface area contributed by atoms with Crippen LogP contribution >= 0.6 is 0 Å². The molecule has 2 heterocycles. The lowest BCUT2D eigenvalue weighted by atomic mass is 9.91. The van der Waals surface area contributed by atoms with E-state index < -0.39 is 0 Å². The summed E-state index contributed by atoms with van der Waals surface area (Å²) in [5, 5.41) is 11.8. The predicted octanol–water partition coefficient (Wildman–Crippen LogP) is 3.38. The second-order valence-corrected chi connectivity index (χ2v) is 5.14. The third-order valence-corrected chi connectivity index (χ3v) is 3.95. The van der Waals surface area contributed by atoms with Crippen molar-refractivity contribution in [2.45, 2.75) is 25.3 Å². The molecule has 1 aliphatic rings. The summed E-state index contributed by atoms with van der Waals surface area (Å²) >= 11 is 0. The standard InChI is InChI=1S/C15H16N4/c1-2-6-13-11(4-1)12-5-3-7-14(15(12)19-13)18-10-8-16-17-9-10/h1-2,4,6,8-9,14,18-19H,3,5,7H2,(H,16,17). The van der Waals surface area contributed by atoms with Crippen molar-refractivity contribution in [3.63, 3.8) is 0 Å². The van der Waals surface area contributed by atoms with Gasteiger partial charge in [-0.2, -0.15) is 5.10 Å². The third-order valence-electron chi connectivity index (χ3n) is 3.95. The van der Waals surface area contributed by atoms with Gasteiger partial charge in [0.2, 0.25) is 0 Å². The summed E-state index contributed by atoms with van der Waals surface area (Å²) in [6.45, 7) is 0. The van der Waals surface area contributed by atoms with Crippen molar-refractivity contribution < 1.29 is 0 Å². The molecule has 0 fully saturated rings.